The van der Waals surface area contributed by atoms with Crippen LogP contribution in [0.5, 0.6) is 0 Å². The predicted octanol–water partition coefficient (Wildman–Crippen LogP) is 3.18. The van der Waals surface area contributed by atoms with Gasteiger partial charge in [-0.25, -0.2) is 0 Å². The number of hydrogen-bond acceptors (Lipinski definition) is 3. The Balaban J connectivity index is 1.56. The minimum atomic E-state index is 0.485. The highest BCUT2D eigenvalue weighted by Crippen LogP contribution is 2.22. The van der Waals surface area contributed by atoms with Gasteiger partial charge in [-0.15, -0.1) is 11.8 Å². The van der Waals surface area contributed by atoms with Gasteiger partial charge in [0.1, 0.15) is 0 Å². The van der Waals surface area contributed by atoms with E-state index in [4.69, 9.17) is 4.74 Å². The molecule has 0 saturated carbocycles. The fraction of sp³-hybridized carbons (Fsp3) is 0.600. The van der Waals surface area contributed by atoms with Crippen LogP contribution >= 0.6 is 11.8 Å². The Bertz CT molecular complexity index is 331. The second kappa shape index (κ2) is 7.82. The maximum absolute atomic E-state index is 5.70. The fourth-order valence-corrected chi connectivity index (χ4v) is 3.25. The Labute approximate surface area is 114 Å². The number of nitrogens with one attached hydrogen (secondary N) is 1. The minimum absolute atomic E-state index is 0.485. The van der Waals surface area contributed by atoms with Gasteiger partial charge in [0.05, 0.1) is 6.10 Å². The number of hydrogen-bond donors (Lipinski definition) is 1. The lowest BCUT2D eigenvalue weighted by Gasteiger charge is -2.17. The largest absolute Gasteiger partial charge is 0.378 e. The summed E-state index contributed by atoms with van der Waals surface area (Å²) in [5, 5.41) is 3.56. The van der Waals surface area contributed by atoms with Gasteiger partial charge in [-0.3, -0.25) is 0 Å². The summed E-state index contributed by atoms with van der Waals surface area (Å²) in [6.45, 7) is 5.35. The molecule has 0 aliphatic carbocycles. The Kier molecular flexibility index (Phi) is 6.05. The average Bonchev–Trinajstić information content (AvgIpc) is 2.87. The third kappa shape index (κ3) is 4.30. The SMILES string of the molecule is CCC1OCCC1CNCCSc1ccccc1. The van der Waals surface area contributed by atoms with Crippen LogP contribution in [0.15, 0.2) is 35.2 Å². The monoisotopic (exact) mass is 265 g/mol. The summed E-state index contributed by atoms with van der Waals surface area (Å²) in [6.07, 6.45) is 2.85. The van der Waals surface area contributed by atoms with E-state index in [0.717, 1.165) is 37.8 Å². The maximum Gasteiger partial charge on any atom is 0.0613 e. The maximum atomic E-state index is 5.70. The van der Waals surface area contributed by atoms with Crippen molar-refractivity contribution in [1.29, 1.82) is 0 Å². The summed E-state index contributed by atoms with van der Waals surface area (Å²) in [6, 6.07) is 10.6. The molecular formula is C15H23NOS. The van der Waals surface area contributed by atoms with Crippen molar-refractivity contribution in [2.45, 2.75) is 30.8 Å². The van der Waals surface area contributed by atoms with Gasteiger partial charge in [0.15, 0.2) is 0 Å². The molecule has 2 rings (SSSR count). The highest BCUT2D eigenvalue weighted by atomic mass is 32.2. The van der Waals surface area contributed by atoms with Crippen LogP contribution in [0.1, 0.15) is 19.8 Å². The van der Waals surface area contributed by atoms with Crippen molar-refractivity contribution in [2.75, 3.05) is 25.4 Å². The number of ether oxygens (including phenoxy) is 1. The van der Waals surface area contributed by atoms with Crippen LogP contribution in [-0.4, -0.2) is 31.6 Å². The first-order valence-electron chi connectivity index (χ1n) is 6.90. The average molecular weight is 265 g/mol. The lowest BCUT2D eigenvalue weighted by atomic mass is 10.00. The Morgan fingerprint density at radius 3 is 2.94 bits per heavy atom. The molecule has 1 heterocycles. The predicted molar refractivity (Wildman–Crippen MR) is 78.2 cm³/mol. The zero-order valence-electron chi connectivity index (χ0n) is 11.1. The highest BCUT2D eigenvalue weighted by Gasteiger charge is 2.25. The molecule has 1 aromatic rings. The van der Waals surface area contributed by atoms with Gasteiger partial charge in [-0.05, 0) is 30.9 Å². The Hall–Kier alpha value is -0.510. The molecule has 0 aromatic heterocycles. The summed E-state index contributed by atoms with van der Waals surface area (Å²) in [4.78, 5) is 1.36. The quantitative estimate of drug-likeness (QED) is 0.604. The molecule has 1 aromatic carbocycles. The molecule has 18 heavy (non-hydrogen) atoms. The Morgan fingerprint density at radius 1 is 1.33 bits per heavy atom. The van der Waals surface area contributed by atoms with Crippen molar-refractivity contribution in [2.24, 2.45) is 5.92 Å². The molecular weight excluding hydrogens is 242 g/mol. The van der Waals surface area contributed by atoms with Crippen LogP contribution in [0.25, 0.3) is 0 Å². The van der Waals surface area contributed by atoms with Crippen molar-refractivity contribution in [3.8, 4) is 0 Å². The molecule has 1 N–H and O–H groups in total. The molecule has 3 heteroatoms. The second-order valence-electron chi connectivity index (χ2n) is 4.73. The van der Waals surface area contributed by atoms with Gasteiger partial charge in [0.2, 0.25) is 0 Å². The molecule has 0 spiro atoms. The van der Waals surface area contributed by atoms with Crippen molar-refractivity contribution >= 4 is 11.8 Å². The normalized spacial score (nSPS) is 23.4. The molecule has 0 amide bonds. The first kappa shape index (κ1) is 13.9. The van der Waals surface area contributed by atoms with E-state index < -0.39 is 0 Å². The van der Waals surface area contributed by atoms with E-state index in [-0.39, 0.29) is 0 Å². The van der Waals surface area contributed by atoms with Gasteiger partial charge in [0, 0.05) is 30.3 Å². The highest BCUT2D eigenvalue weighted by molar-refractivity contribution is 7.99. The van der Waals surface area contributed by atoms with E-state index >= 15 is 0 Å². The van der Waals surface area contributed by atoms with Crippen LogP contribution in [0.4, 0.5) is 0 Å². The van der Waals surface area contributed by atoms with Crippen LogP contribution < -0.4 is 5.32 Å². The molecule has 100 valence electrons. The smallest absolute Gasteiger partial charge is 0.0613 e. The molecule has 1 aliphatic heterocycles. The molecule has 1 saturated heterocycles. The fourth-order valence-electron chi connectivity index (χ4n) is 2.42. The molecule has 2 atom stereocenters. The Morgan fingerprint density at radius 2 is 2.17 bits per heavy atom. The van der Waals surface area contributed by atoms with Gasteiger partial charge in [0.25, 0.3) is 0 Å². The van der Waals surface area contributed by atoms with Gasteiger partial charge < -0.3 is 10.1 Å². The van der Waals surface area contributed by atoms with Crippen LogP contribution in [0.2, 0.25) is 0 Å². The number of rotatable bonds is 7. The van der Waals surface area contributed by atoms with E-state index in [1.807, 2.05) is 11.8 Å². The van der Waals surface area contributed by atoms with Gasteiger partial charge in [-0.2, -0.15) is 0 Å². The first-order chi connectivity index (χ1) is 8.90. The topological polar surface area (TPSA) is 21.3 Å². The third-order valence-electron chi connectivity index (χ3n) is 3.45. The van der Waals surface area contributed by atoms with Crippen LogP contribution in [0, 0.1) is 5.92 Å². The molecule has 1 fully saturated rings. The van der Waals surface area contributed by atoms with Gasteiger partial charge >= 0.3 is 0 Å². The lowest BCUT2D eigenvalue weighted by molar-refractivity contribution is 0.0874. The van der Waals surface area contributed by atoms with Crippen molar-refractivity contribution in [3.63, 3.8) is 0 Å². The van der Waals surface area contributed by atoms with E-state index in [1.165, 1.54) is 11.3 Å². The zero-order valence-corrected chi connectivity index (χ0v) is 11.9. The van der Waals surface area contributed by atoms with Crippen LogP contribution in [-0.2, 0) is 4.74 Å². The number of benzene rings is 1. The van der Waals surface area contributed by atoms with Crippen molar-refractivity contribution < 1.29 is 4.74 Å². The van der Waals surface area contributed by atoms with Crippen molar-refractivity contribution in [3.05, 3.63) is 30.3 Å². The summed E-state index contributed by atoms with van der Waals surface area (Å²) in [5.74, 6) is 1.85. The summed E-state index contributed by atoms with van der Waals surface area (Å²) in [5.41, 5.74) is 0. The molecule has 0 bridgehead atoms. The summed E-state index contributed by atoms with van der Waals surface area (Å²) in [7, 11) is 0. The van der Waals surface area contributed by atoms with E-state index in [0.29, 0.717) is 6.10 Å². The lowest BCUT2D eigenvalue weighted by Crippen LogP contribution is -2.29. The van der Waals surface area contributed by atoms with Crippen LogP contribution in [0.3, 0.4) is 0 Å². The molecule has 2 unspecified atom stereocenters. The second-order valence-corrected chi connectivity index (χ2v) is 5.90. The standard InChI is InChI=1S/C15H23NOS/c1-2-15-13(8-10-17-15)12-16-9-11-18-14-6-4-3-5-7-14/h3-7,13,15-16H,2,8-12H2,1H3. The summed E-state index contributed by atoms with van der Waals surface area (Å²) < 4.78 is 5.70. The van der Waals surface area contributed by atoms with E-state index in [9.17, 15) is 0 Å². The summed E-state index contributed by atoms with van der Waals surface area (Å²) >= 11 is 1.92. The molecule has 2 nitrogen and oxygen atoms in total. The molecule has 0 radical (unpaired) electrons. The third-order valence-corrected chi connectivity index (χ3v) is 4.46. The van der Waals surface area contributed by atoms with E-state index in [2.05, 4.69) is 42.6 Å². The molecule has 1 aliphatic rings. The minimum Gasteiger partial charge on any atom is -0.378 e. The zero-order chi connectivity index (χ0) is 12.6. The number of thioether (sulfide) groups is 1. The first-order valence-corrected chi connectivity index (χ1v) is 7.89. The van der Waals surface area contributed by atoms with Crippen molar-refractivity contribution in [1.82, 2.24) is 5.32 Å². The van der Waals surface area contributed by atoms with Gasteiger partial charge in [-0.1, -0.05) is 25.1 Å². The van der Waals surface area contributed by atoms with E-state index in [1.54, 1.807) is 0 Å².